The summed E-state index contributed by atoms with van der Waals surface area (Å²) < 4.78 is 13.1. The minimum absolute atomic E-state index is 0.315. The predicted octanol–water partition coefficient (Wildman–Crippen LogP) is 2.98. The van der Waals surface area contributed by atoms with Crippen molar-refractivity contribution in [2.24, 2.45) is 11.7 Å². The minimum atomic E-state index is -0.663. The second-order valence-electron chi connectivity index (χ2n) is 4.01. The molecule has 1 atom stereocenters. The first-order valence-electron chi connectivity index (χ1n) is 5.03. The van der Waals surface area contributed by atoms with E-state index in [2.05, 4.69) is 0 Å². The molecule has 15 heavy (non-hydrogen) atoms. The Labute approximate surface area is 92.9 Å². The predicted molar refractivity (Wildman–Crippen MR) is 57.3 cm³/mol. The third-order valence-corrected chi connectivity index (χ3v) is 3.44. The zero-order valence-electron chi connectivity index (χ0n) is 8.21. The molecule has 1 fully saturated rings. The lowest BCUT2D eigenvalue weighted by Gasteiger charge is -2.32. The van der Waals surface area contributed by atoms with Gasteiger partial charge in [-0.05, 0) is 30.9 Å². The number of aromatic hydroxyl groups is 1. The van der Waals surface area contributed by atoms with Gasteiger partial charge in [-0.15, -0.1) is 0 Å². The molecule has 0 saturated heterocycles. The van der Waals surface area contributed by atoms with Crippen molar-refractivity contribution in [2.45, 2.75) is 25.3 Å². The van der Waals surface area contributed by atoms with Gasteiger partial charge in [0.1, 0.15) is 0 Å². The topological polar surface area (TPSA) is 46.2 Å². The Bertz CT molecular complexity index is 379. The Morgan fingerprint density at radius 1 is 1.47 bits per heavy atom. The summed E-state index contributed by atoms with van der Waals surface area (Å²) >= 11 is 5.91. The lowest BCUT2D eigenvalue weighted by molar-refractivity contribution is 0.259. The molecule has 3 N–H and O–H groups in total. The Balaban J connectivity index is 2.36. The van der Waals surface area contributed by atoms with E-state index < -0.39 is 11.6 Å². The SMILES string of the molecule is N[C@@H](c1c(Cl)ccc(F)c1O)C1CCC1. The molecule has 4 heteroatoms. The number of phenolic OH excluding ortho intramolecular Hbond substituents is 1. The minimum Gasteiger partial charge on any atom is -0.505 e. The van der Waals surface area contributed by atoms with E-state index in [9.17, 15) is 9.50 Å². The summed E-state index contributed by atoms with van der Waals surface area (Å²) in [5.74, 6) is -0.749. The molecular formula is C11H13ClFNO. The van der Waals surface area contributed by atoms with Crippen LogP contribution in [0.4, 0.5) is 4.39 Å². The summed E-state index contributed by atoms with van der Waals surface area (Å²) in [7, 11) is 0. The molecule has 0 unspecified atom stereocenters. The summed E-state index contributed by atoms with van der Waals surface area (Å²) in [6.07, 6.45) is 3.19. The Hall–Kier alpha value is -0.800. The average molecular weight is 230 g/mol. The number of hydrogen-bond acceptors (Lipinski definition) is 2. The van der Waals surface area contributed by atoms with Crippen LogP contribution in [0.1, 0.15) is 30.9 Å². The van der Waals surface area contributed by atoms with Gasteiger partial charge in [-0.1, -0.05) is 18.0 Å². The molecular weight excluding hydrogens is 217 g/mol. The molecule has 0 heterocycles. The fourth-order valence-electron chi connectivity index (χ4n) is 1.91. The number of benzene rings is 1. The molecule has 0 spiro atoms. The second-order valence-corrected chi connectivity index (χ2v) is 4.42. The van der Waals surface area contributed by atoms with Crippen LogP contribution >= 0.6 is 11.6 Å². The van der Waals surface area contributed by atoms with Crippen LogP contribution in [0, 0.1) is 11.7 Å². The van der Waals surface area contributed by atoms with Gasteiger partial charge in [0.2, 0.25) is 0 Å². The zero-order chi connectivity index (χ0) is 11.0. The Morgan fingerprint density at radius 2 is 2.13 bits per heavy atom. The molecule has 0 aromatic heterocycles. The smallest absolute Gasteiger partial charge is 0.165 e. The van der Waals surface area contributed by atoms with E-state index in [0.717, 1.165) is 25.3 Å². The fraction of sp³-hybridized carbons (Fsp3) is 0.455. The summed E-state index contributed by atoms with van der Waals surface area (Å²) in [6, 6.07) is 2.22. The molecule has 0 bridgehead atoms. The maximum absolute atomic E-state index is 13.1. The maximum atomic E-state index is 13.1. The Morgan fingerprint density at radius 3 is 2.67 bits per heavy atom. The molecule has 82 valence electrons. The highest BCUT2D eigenvalue weighted by Gasteiger charge is 2.29. The first kappa shape index (κ1) is 10.7. The average Bonchev–Trinajstić information content (AvgIpc) is 2.09. The number of rotatable bonds is 2. The lowest BCUT2D eigenvalue weighted by atomic mass is 9.77. The van der Waals surface area contributed by atoms with Gasteiger partial charge < -0.3 is 10.8 Å². The van der Waals surface area contributed by atoms with Gasteiger partial charge in [-0.2, -0.15) is 0 Å². The van der Waals surface area contributed by atoms with Gasteiger partial charge >= 0.3 is 0 Å². The van der Waals surface area contributed by atoms with Crippen molar-refractivity contribution in [3.8, 4) is 5.75 Å². The Kier molecular flexibility index (Phi) is 2.85. The summed E-state index contributed by atoms with van der Waals surface area (Å²) in [6.45, 7) is 0. The van der Waals surface area contributed by atoms with E-state index in [1.54, 1.807) is 0 Å². The number of phenols is 1. The largest absolute Gasteiger partial charge is 0.505 e. The van der Waals surface area contributed by atoms with E-state index in [-0.39, 0.29) is 6.04 Å². The molecule has 2 rings (SSSR count). The van der Waals surface area contributed by atoms with Gasteiger partial charge in [0.05, 0.1) is 0 Å². The lowest BCUT2D eigenvalue weighted by Crippen LogP contribution is -2.27. The van der Waals surface area contributed by atoms with E-state index in [0.29, 0.717) is 16.5 Å². The summed E-state index contributed by atoms with van der Waals surface area (Å²) in [5, 5.41) is 9.92. The van der Waals surface area contributed by atoms with Crippen molar-refractivity contribution in [3.63, 3.8) is 0 Å². The number of halogens is 2. The van der Waals surface area contributed by atoms with Crippen molar-refractivity contribution < 1.29 is 9.50 Å². The van der Waals surface area contributed by atoms with Gasteiger partial charge in [0.15, 0.2) is 11.6 Å². The normalized spacial score (nSPS) is 18.6. The van der Waals surface area contributed by atoms with Crippen LogP contribution in [0.2, 0.25) is 5.02 Å². The zero-order valence-corrected chi connectivity index (χ0v) is 8.97. The molecule has 1 aliphatic carbocycles. The monoisotopic (exact) mass is 229 g/mol. The van der Waals surface area contributed by atoms with E-state index in [1.165, 1.54) is 6.07 Å². The number of hydrogen-bond donors (Lipinski definition) is 2. The second kappa shape index (κ2) is 3.99. The van der Waals surface area contributed by atoms with E-state index in [1.807, 2.05) is 0 Å². The van der Waals surface area contributed by atoms with Crippen molar-refractivity contribution in [1.29, 1.82) is 0 Å². The van der Waals surface area contributed by atoms with Gasteiger partial charge in [0, 0.05) is 16.6 Å². The molecule has 1 aromatic rings. The van der Waals surface area contributed by atoms with E-state index >= 15 is 0 Å². The maximum Gasteiger partial charge on any atom is 0.165 e. The summed E-state index contributed by atoms with van der Waals surface area (Å²) in [4.78, 5) is 0. The van der Waals surface area contributed by atoms with Crippen molar-refractivity contribution in [2.75, 3.05) is 0 Å². The van der Waals surface area contributed by atoms with Gasteiger partial charge in [0.25, 0.3) is 0 Å². The highest BCUT2D eigenvalue weighted by atomic mass is 35.5. The quantitative estimate of drug-likeness (QED) is 0.819. The van der Waals surface area contributed by atoms with Crippen LogP contribution < -0.4 is 5.73 Å². The van der Waals surface area contributed by atoms with Crippen molar-refractivity contribution >= 4 is 11.6 Å². The van der Waals surface area contributed by atoms with Crippen LogP contribution in [0.3, 0.4) is 0 Å². The standard InChI is InChI=1S/C11H13ClFNO/c12-7-4-5-8(13)11(15)9(7)10(14)6-2-1-3-6/h4-6,10,15H,1-3,14H2/t10-/m1/s1. The third-order valence-electron chi connectivity index (χ3n) is 3.11. The van der Waals surface area contributed by atoms with E-state index in [4.69, 9.17) is 17.3 Å². The van der Waals surface area contributed by atoms with Crippen LogP contribution in [-0.2, 0) is 0 Å². The number of nitrogens with two attached hydrogens (primary N) is 1. The van der Waals surface area contributed by atoms with Gasteiger partial charge in [-0.3, -0.25) is 0 Å². The van der Waals surface area contributed by atoms with Crippen molar-refractivity contribution in [3.05, 3.63) is 28.5 Å². The fourth-order valence-corrected chi connectivity index (χ4v) is 2.19. The molecule has 1 aliphatic rings. The highest BCUT2D eigenvalue weighted by Crippen LogP contribution is 2.42. The van der Waals surface area contributed by atoms with Gasteiger partial charge in [-0.25, -0.2) is 4.39 Å². The molecule has 0 radical (unpaired) electrons. The third kappa shape index (κ3) is 1.82. The molecule has 1 aromatic carbocycles. The highest BCUT2D eigenvalue weighted by molar-refractivity contribution is 6.31. The van der Waals surface area contributed by atoms with Crippen LogP contribution in [0.5, 0.6) is 5.75 Å². The molecule has 0 aliphatic heterocycles. The first-order chi connectivity index (χ1) is 7.11. The summed E-state index contributed by atoms with van der Waals surface area (Å²) in [5.41, 5.74) is 6.31. The molecule has 1 saturated carbocycles. The molecule has 0 amide bonds. The van der Waals surface area contributed by atoms with Crippen molar-refractivity contribution in [1.82, 2.24) is 0 Å². The van der Waals surface area contributed by atoms with Crippen LogP contribution in [0.25, 0.3) is 0 Å². The van der Waals surface area contributed by atoms with Crippen LogP contribution in [-0.4, -0.2) is 5.11 Å². The first-order valence-corrected chi connectivity index (χ1v) is 5.41. The molecule has 2 nitrogen and oxygen atoms in total. The van der Waals surface area contributed by atoms with Crippen LogP contribution in [0.15, 0.2) is 12.1 Å².